The van der Waals surface area contributed by atoms with Crippen LogP contribution in [0.3, 0.4) is 0 Å². The summed E-state index contributed by atoms with van der Waals surface area (Å²) < 4.78 is 0. The number of benzene rings is 1. The molecule has 130 valence electrons. The van der Waals surface area contributed by atoms with E-state index in [2.05, 4.69) is 5.32 Å². The smallest absolute Gasteiger partial charge is 0.290 e. The van der Waals surface area contributed by atoms with E-state index in [4.69, 9.17) is 5.11 Å². The molecule has 0 radical (unpaired) electrons. The highest BCUT2D eigenvalue weighted by Gasteiger charge is 2.41. The largest absolute Gasteiger partial charge is 0.503 e. The van der Waals surface area contributed by atoms with Crippen molar-refractivity contribution in [2.45, 2.75) is 26.3 Å². The molecular weight excluding hydrogens is 308 g/mol. The third-order valence-electron chi connectivity index (χ3n) is 4.12. The Morgan fingerprint density at radius 3 is 2.50 bits per heavy atom. The van der Waals surface area contributed by atoms with Crippen molar-refractivity contribution in [1.82, 2.24) is 10.2 Å². The average molecular weight is 332 g/mol. The van der Waals surface area contributed by atoms with Gasteiger partial charge in [0.05, 0.1) is 18.2 Å². The molecule has 0 saturated heterocycles. The van der Waals surface area contributed by atoms with Gasteiger partial charge >= 0.3 is 0 Å². The number of aliphatic hydroxyl groups is 2. The first-order valence-corrected chi connectivity index (χ1v) is 8.10. The molecule has 3 N–H and O–H groups in total. The van der Waals surface area contributed by atoms with Crippen molar-refractivity contribution in [3.63, 3.8) is 0 Å². The minimum absolute atomic E-state index is 0.0610. The van der Waals surface area contributed by atoms with Crippen molar-refractivity contribution in [1.29, 1.82) is 0 Å². The number of carbonyl (C=O) groups is 2. The van der Waals surface area contributed by atoms with E-state index in [1.165, 1.54) is 11.8 Å². The van der Waals surface area contributed by atoms with Crippen LogP contribution in [0, 0.1) is 6.92 Å². The van der Waals surface area contributed by atoms with E-state index in [1.807, 2.05) is 31.2 Å². The Kier molecular flexibility index (Phi) is 6.11. The fourth-order valence-corrected chi connectivity index (χ4v) is 2.92. The predicted octanol–water partition coefficient (Wildman–Crippen LogP) is 1.25. The Labute approximate surface area is 141 Å². The van der Waals surface area contributed by atoms with Crippen LogP contribution in [-0.4, -0.2) is 53.0 Å². The summed E-state index contributed by atoms with van der Waals surface area (Å²) in [5.41, 5.74) is 2.05. The van der Waals surface area contributed by atoms with Crippen LogP contribution in [0.25, 0.3) is 0 Å². The van der Waals surface area contributed by atoms with Gasteiger partial charge in [0.2, 0.25) is 0 Å². The summed E-state index contributed by atoms with van der Waals surface area (Å²) in [5.74, 6) is -1.25. The van der Waals surface area contributed by atoms with Gasteiger partial charge in [-0.15, -0.1) is 0 Å². The van der Waals surface area contributed by atoms with Crippen LogP contribution >= 0.6 is 0 Å². The molecule has 6 heteroatoms. The molecule has 24 heavy (non-hydrogen) atoms. The Bertz CT molecular complexity index is 637. The van der Waals surface area contributed by atoms with E-state index in [1.54, 1.807) is 0 Å². The molecule has 1 aliphatic rings. The molecule has 0 fully saturated rings. The summed E-state index contributed by atoms with van der Waals surface area (Å²) in [7, 11) is 0. The number of amides is 1. The van der Waals surface area contributed by atoms with Crippen molar-refractivity contribution >= 4 is 11.7 Å². The molecule has 1 unspecified atom stereocenters. The minimum Gasteiger partial charge on any atom is -0.503 e. The van der Waals surface area contributed by atoms with Gasteiger partial charge in [-0.05, 0) is 32.4 Å². The van der Waals surface area contributed by atoms with Gasteiger partial charge < -0.3 is 20.4 Å². The number of aryl methyl sites for hydroxylation is 1. The molecule has 1 amide bonds. The lowest BCUT2D eigenvalue weighted by Gasteiger charge is -2.26. The number of hydrogen-bond donors (Lipinski definition) is 3. The fraction of sp³-hybridized carbons (Fsp3) is 0.444. The molecule has 1 atom stereocenters. The zero-order valence-electron chi connectivity index (χ0n) is 14.1. The molecule has 1 aliphatic heterocycles. The summed E-state index contributed by atoms with van der Waals surface area (Å²) in [4.78, 5) is 25.9. The average Bonchev–Trinajstić information content (AvgIpc) is 2.80. The van der Waals surface area contributed by atoms with Crippen LogP contribution in [-0.2, 0) is 9.59 Å². The Morgan fingerprint density at radius 1 is 1.25 bits per heavy atom. The first-order valence-electron chi connectivity index (χ1n) is 8.10. The van der Waals surface area contributed by atoms with Crippen molar-refractivity contribution in [3.8, 4) is 0 Å². The highest BCUT2D eigenvalue weighted by atomic mass is 16.3. The normalized spacial score (nSPS) is 17.7. The van der Waals surface area contributed by atoms with Gasteiger partial charge in [0, 0.05) is 13.1 Å². The van der Waals surface area contributed by atoms with E-state index < -0.39 is 17.7 Å². The SMILES string of the molecule is CC(=O)C1=C(O)C(=O)N(CCCNCCO)C1c1ccc(C)cc1. The maximum Gasteiger partial charge on any atom is 0.290 e. The number of nitrogens with zero attached hydrogens (tertiary/aromatic N) is 1. The number of nitrogens with one attached hydrogen (secondary N) is 1. The molecule has 1 aromatic carbocycles. The molecule has 0 aromatic heterocycles. The predicted molar refractivity (Wildman–Crippen MR) is 90.5 cm³/mol. The summed E-state index contributed by atoms with van der Waals surface area (Å²) >= 11 is 0. The Balaban J connectivity index is 2.23. The van der Waals surface area contributed by atoms with Gasteiger partial charge in [0.25, 0.3) is 5.91 Å². The summed E-state index contributed by atoms with van der Waals surface area (Å²) in [6.45, 7) is 4.94. The highest BCUT2D eigenvalue weighted by molar-refractivity contribution is 6.08. The second kappa shape index (κ2) is 8.08. The van der Waals surface area contributed by atoms with Gasteiger partial charge in [-0.25, -0.2) is 0 Å². The van der Waals surface area contributed by atoms with Crippen LogP contribution in [0.1, 0.15) is 30.5 Å². The second-order valence-corrected chi connectivity index (χ2v) is 5.96. The van der Waals surface area contributed by atoms with Gasteiger partial charge in [-0.3, -0.25) is 9.59 Å². The lowest BCUT2D eigenvalue weighted by atomic mass is 9.96. The number of aliphatic hydroxyl groups excluding tert-OH is 2. The third-order valence-corrected chi connectivity index (χ3v) is 4.12. The van der Waals surface area contributed by atoms with E-state index >= 15 is 0 Å². The van der Waals surface area contributed by atoms with Crippen LogP contribution in [0.2, 0.25) is 0 Å². The topological polar surface area (TPSA) is 89.9 Å². The summed E-state index contributed by atoms with van der Waals surface area (Å²) in [6, 6.07) is 7.06. The van der Waals surface area contributed by atoms with Crippen molar-refractivity contribution < 1.29 is 19.8 Å². The quantitative estimate of drug-likeness (QED) is 0.624. The molecule has 0 bridgehead atoms. The number of rotatable bonds is 8. The molecule has 0 saturated carbocycles. The van der Waals surface area contributed by atoms with Gasteiger partial charge in [0.15, 0.2) is 11.5 Å². The zero-order chi connectivity index (χ0) is 17.7. The van der Waals surface area contributed by atoms with Crippen molar-refractivity contribution in [2.75, 3.05) is 26.2 Å². The Morgan fingerprint density at radius 2 is 1.92 bits per heavy atom. The molecular formula is C18H24N2O4. The van der Waals surface area contributed by atoms with Gasteiger partial charge in [-0.2, -0.15) is 0 Å². The molecule has 0 spiro atoms. The first kappa shape index (κ1) is 18.2. The van der Waals surface area contributed by atoms with Gasteiger partial charge in [-0.1, -0.05) is 29.8 Å². The number of ketones is 1. The van der Waals surface area contributed by atoms with Crippen LogP contribution in [0.4, 0.5) is 0 Å². The third kappa shape index (κ3) is 3.83. The molecule has 6 nitrogen and oxygen atoms in total. The summed E-state index contributed by atoms with van der Waals surface area (Å²) in [5, 5.41) is 22.0. The highest BCUT2D eigenvalue weighted by Crippen LogP contribution is 2.37. The van der Waals surface area contributed by atoms with E-state index in [-0.39, 0.29) is 18.0 Å². The zero-order valence-corrected chi connectivity index (χ0v) is 14.1. The van der Waals surface area contributed by atoms with E-state index in [0.29, 0.717) is 26.1 Å². The maximum absolute atomic E-state index is 12.4. The number of hydrogen-bond acceptors (Lipinski definition) is 5. The van der Waals surface area contributed by atoms with E-state index in [0.717, 1.165) is 11.1 Å². The maximum atomic E-state index is 12.4. The Hall–Kier alpha value is -2.18. The molecule has 1 heterocycles. The minimum atomic E-state index is -0.548. The lowest BCUT2D eigenvalue weighted by Crippen LogP contribution is -2.33. The monoisotopic (exact) mass is 332 g/mol. The number of Topliss-reactive ketones (excluding diaryl/α,β-unsaturated/α-hetero) is 1. The first-order chi connectivity index (χ1) is 11.5. The lowest BCUT2D eigenvalue weighted by molar-refractivity contribution is -0.129. The van der Waals surface area contributed by atoms with Crippen molar-refractivity contribution in [3.05, 3.63) is 46.7 Å². The molecule has 2 rings (SSSR count). The molecule has 1 aromatic rings. The summed E-state index contributed by atoms with van der Waals surface area (Å²) in [6.07, 6.45) is 0.659. The van der Waals surface area contributed by atoms with Gasteiger partial charge in [0.1, 0.15) is 0 Å². The van der Waals surface area contributed by atoms with Crippen molar-refractivity contribution in [2.24, 2.45) is 0 Å². The number of carbonyl (C=O) groups excluding carboxylic acids is 2. The van der Waals surface area contributed by atoms with Crippen LogP contribution in [0.15, 0.2) is 35.6 Å². The van der Waals surface area contributed by atoms with Crippen LogP contribution < -0.4 is 5.32 Å². The molecule has 0 aliphatic carbocycles. The standard InChI is InChI=1S/C18H24N2O4/c1-12-4-6-14(7-5-12)16-15(13(2)22)17(23)18(24)20(16)10-3-8-19-9-11-21/h4-7,16,19,21,23H,3,8-11H2,1-2H3. The van der Waals surface area contributed by atoms with E-state index in [9.17, 15) is 14.7 Å². The van der Waals surface area contributed by atoms with Crippen LogP contribution in [0.5, 0.6) is 0 Å². The fourth-order valence-electron chi connectivity index (χ4n) is 2.92. The second-order valence-electron chi connectivity index (χ2n) is 5.96.